The zero-order valence-corrected chi connectivity index (χ0v) is 19.6. The number of rotatable bonds is 4. The number of benzene rings is 2. The molecule has 2 atom stereocenters. The van der Waals surface area contributed by atoms with E-state index in [0.29, 0.717) is 0 Å². The Bertz CT molecular complexity index is 1050. The summed E-state index contributed by atoms with van der Waals surface area (Å²) < 4.78 is 11.0. The van der Waals surface area contributed by atoms with E-state index >= 15 is 0 Å². The highest BCUT2D eigenvalue weighted by Gasteiger charge is 2.38. The summed E-state index contributed by atoms with van der Waals surface area (Å²) in [7, 11) is 0. The summed E-state index contributed by atoms with van der Waals surface area (Å²) in [6.45, 7) is 5.70. The van der Waals surface area contributed by atoms with Gasteiger partial charge in [0.1, 0.15) is 12.2 Å². The predicted octanol–water partition coefficient (Wildman–Crippen LogP) is 4.24. The van der Waals surface area contributed by atoms with Gasteiger partial charge in [0, 0.05) is 19.0 Å². The number of carboxylic acid groups (broad SMARTS) is 1. The third-order valence-corrected chi connectivity index (χ3v) is 6.23. The molecule has 0 saturated carbocycles. The molecule has 8 nitrogen and oxygen atoms in total. The van der Waals surface area contributed by atoms with E-state index in [0.717, 1.165) is 22.3 Å². The van der Waals surface area contributed by atoms with Gasteiger partial charge in [-0.25, -0.2) is 9.59 Å². The van der Waals surface area contributed by atoms with Crippen LogP contribution in [0.15, 0.2) is 48.5 Å². The topological polar surface area (TPSA) is 105 Å². The lowest BCUT2D eigenvalue weighted by Crippen LogP contribution is -2.56. The summed E-state index contributed by atoms with van der Waals surface area (Å²) in [6.07, 6.45) is -1.03. The number of ether oxygens (including phenoxy) is 2. The average Bonchev–Trinajstić information content (AvgIpc) is 3.10. The number of alkyl carbamates (subject to hydrolysis) is 1. The van der Waals surface area contributed by atoms with E-state index < -0.39 is 35.7 Å². The van der Waals surface area contributed by atoms with E-state index in [2.05, 4.69) is 17.4 Å². The Morgan fingerprint density at radius 2 is 1.62 bits per heavy atom. The maximum atomic E-state index is 12.7. The molecule has 1 fully saturated rings. The minimum Gasteiger partial charge on any atom is -0.481 e. The van der Waals surface area contributed by atoms with Crippen molar-refractivity contribution < 1.29 is 29.0 Å². The van der Waals surface area contributed by atoms with E-state index in [-0.39, 0.29) is 32.0 Å². The molecular formula is C26H30N2O6. The summed E-state index contributed by atoms with van der Waals surface area (Å²) in [5, 5.41) is 12.3. The number of aliphatic carboxylic acids is 1. The van der Waals surface area contributed by atoms with Crippen molar-refractivity contribution in [1.29, 1.82) is 0 Å². The standard InChI is InChI=1S/C26H30N2O6/c1-26(2,3)34-25(32)28-13-12-20(23(29)30)22(14-28)27-24(31)33-15-21-18-10-6-4-8-16(18)17-9-5-7-11-19(17)21/h4-11,20-22H,12-15H2,1-3H3,(H,27,31)(H,29,30)/t20-,22+/m0/s1. The van der Waals surface area contributed by atoms with Gasteiger partial charge < -0.3 is 24.8 Å². The van der Waals surface area contributed by atoms with Crippen LogP contribution in [-0.2, 0) is 14.3 Å². The third kappa shape index (κ3) is 5.00. The van der Waals surface area contributed by atoms with Gasteiger partial charge >= 0.3 is 18.2 Å². The van der Waals surface area contributed by atoms with Gasteiger partial charge in [0.15, 0.2) is 0 Å². The molecule has 0 spiro atoms. The highest BCUT2D eigenvalue weighted by atomic mass is 16.6. The summed E-state index contributed by atoms with van der Waals surface area (Å²) in [5.74, 6) is -1.94. The van der Waals surface area contributed by atoms with E-state index in [4.69, 9.17) is 9.47 Å². The van der Waals surface area contributed by atoms with Crippen LogP contribution >= 0.6 is 0 Å². The first-order chi connectivity index (χ1) is 16.1. The molecule has 2 amide bonds. The Morgan fingerprint density at radius 3 is 2.18 bits per heavy atom. The minimum absolute atomic E-state index is 0.0378. The van der Waals surface area contributed by atoms with Crippen LogP contribution in [0.4, 0.5) is 9.59 Å². The van der Waals surface area contributed by atoms with Crippen molar-refractivity contribution in [3.63, 3.8) is 0 Å². The van der Waals surface area contributed by atoms with Gasteiger partial charge in [0.05, 0.1) is 12.0 Å². The first-order valence-corrected chi connectivity index (χ1v) is 11.5. The first-order valence-electron chi connectivity index (χ1n) is 11.5. The van der Waals surface area contributed by atoms with Gasteiger partial charge in [-0.2, -0.15) is 0 Å². The summed E-state index contributed by atoms with van der Waals surface area (Å²) in [6, 6.07) is 15.3. The molecule has 4 rings (SSSR count). The number of piperidine rings is 1. The second kappa shape index (κ2) is 9.37. The van der Waals surface area contributed by atoms with Crippen LogP contribution in [0, 0.1) is 5.92 Å². The molecule has 2 aromatic carbocycles. The number of carboxylic acids is 1. The minimum atomic E-state index is -1.02. The molecule has 8 heteroatoms. The van der Waals surface area contributed by atoms with E-state index in [9.17, 15) is 19.5 Å². The number of hydrogen-bond acceptors (Lipinski definition) is 5. The molecule has 34 heavy (non-hydrogen) atoms. The van der Waals surface area contributed by atoms with Crippen molar-refractivity contribution in [2.24, 2.45) is 5.92 Å². The third-order valence-electron chi connectivity index (χ3n) is 6.23. The molecule has 1 saturated heterocycles. The van der Waals surface area contributed by atoms with Gasteiger partial charge in [-0.3, -0.25) is 4.79 Å². The molecule has 2 aromatic rings. The summed E-state index contributed by atoms with van der Waals surface area (Å²) in [4.78, 5) is 38.4. The van der Waals surface area contributed by atoms with Crippen LogP contribution in [-0.4, -0.2) is 59.5 Å². The molecule has 0 unspecified atom stereocenters. The van der Waals surface area contributed by atoms with Crippen molar-refractivity contribution in [2.75, 3.05) is 19.7 Å². The Hall–Kier alpha value is -3.55. The number of amides is 2. The molecule has 2 aliphatic rings. The zero-order chi connectivity index (χ0) is 24.5. The van der Waals surface area contributed by atoms with Crippen LogP contribution in [0.3, 0.4) is 0 Å². The fourth-order valence-electron chi connectivity index (χ4n) is 4.68. The second-order valence-corrected chi connectivity index (χ2v) is 9.74. The highest BCUT2D eigenvalue weighted by Crippen LogP contribution is 2.44. The van der Waals surface area contributed by atoms with Crippen LogP contribution in [0.25, 0.3) is 11.1 Å². The van der Waals surface area contributed by atoms with Crippen molar-refractivity contribution >= 4 is 18.2 Å². The Morgan fingerprint density at radius 1 is 1.03 bits per heavy atom. The summed E-state index contributed by atoms with van der Waals surface area (Å²) in [5.41, 5.74) is 3.76. The van der Waals surface area contributed by atoms with Crippen LogP contribution in [0.5, 0.6) is 0 Å². The van der Waals surface area contributed by atoms with Crippen molar-refractivity contribution in [3.8, 4) is 11.1 Å². The van der Waals surface area contributed by atoms with Gasteiger partial charge in [0.2, 0.25) is 0 Å². The molecule has 0 aromatic heterocycles. The molecule has 1 heterocycles. The van der Waals surface area contributed by atoms with Gasteiger partial charge in [-0.05, 0) is 49.4 Å². The largest absolute Gasteiger partial charge is 0.481 e. The second-order valence-electron chi connectivity index (χ2n) is 9.74. The normalized spacial score (nSPS) is 19.7. The molecule has 0 bridgehead atoms. The molecule has 2 N–H and O–H groups in total. The maximum absolute atomic E-state index is 12.7. The van der Waals surface area contributed by atoms with Gasteiger partial charge in [0.25, 0.3) is 0 Å². The fourth-order valence-corrected chi connectivity index (χ4v) is 4.68. The van der Waals surface area contributed by atoms with E-state index in [1.54, 1.807) is 20.8 Å². The SMILES string of the molecule is CC(C)(C)OC(=O)N1CC[C@H](C(=O)O)[C@H](NC(=O)OCC2c3ccccc3-c3ccccc32)C1. The molecule has 1 aliphatic carbocycles. The number of hydrogen-bond donors (Lipinski definition) is 2. The maximum Gasteiger partial charge on any atom is 0.410 e. The van der Waals surface area contributed by atoms with Gasteiger partial charge in [-0.15, -0.1) is 0 Å². The van der Waals surface area contributed by atoms with Crippen molar-refractivity contribution in [3.05, 3.63) is 59.7 Å². The lowest BCUT2D eigenvalue weighted by atomic mass is 9.92. The highest BCUT2D eigenvalue weighted by molar-refractivity contribution is 5.79. The molecule has 1 aliphatic heterocycles. The molecule has 180 valence electrons. The summed E-state index contributed by atoms with van der Waals surface area (Å²) >= 11 is 0. The Kier molecular flexibility index (Phi) is 6.50. The monoisotopic (exact) mass is 466 g/mol. The fraction of sp³-hybridized carbons (Fsp3) is 0.423. The van der Waals surface area contributed by atoms with Crippen molar-refractivity contribution in [1.82, 2.24) is 10.2 Å². The first kappa shape index (κ1) is 23.6. The number of carbonyl (C=O) groups is 3. The quantitative estimate of drug-likeness (QED) is 0.699. The molecule has 0 radical (unpaired) electrons. The number of likely N-dealkylation sites (tertiary alicyclic amines) is 1. The van der Waals surface area contributed by atoms with Crippen LogP contribution < -0.4 is 5.32 Å². The van der Waals surface area contributed by atoms with Crippen LogP contribution in [0.1, 0.15) is 44.2 Å². The Balaban J connectivity index is 1.42. The smallest absolute Gasteiger partial charge is 0.410 e. The number of nitrogens with zero attached hydrogens (tertiary/aromatic N) is 1. The number of fused-ring (bicyclic) bond motifs is 3. The zero-order valence-electron chi connectivity index (χ0n) is 19.6. The lowest BCUT2D eigenvalue weighted by molar-refractivity contribution is -0.144. The average molecular weight is 467 g/mol. The number of carbonyl (C=O) groups excluding carboxylic acids is 2. The Labute approximate surface area is 198 Å². The van der Waals surface area contributed by atoms with Gasteiger partial charge in [-0.1, -0.05) is 48.5 Å². The van der Waals surface area contributed by atoms with Crippen molar-refractivity contribution in [2.45, 2.75) is 44.8 Å². The van der Waals surface area contributed by atoms with E-state index in [1.807, 2.05) is 36.4 Å². The lowest BCUT2D eigenvalue weighted by Gasteiger charge is -2.37. The number of nitrogens with one attached hydrogen (secondary N) is 1. The van der Waals surface area contributed by atoms with Crippen LogP contribution in [0.2, 0.25) is 0 Å². The van der Waals surface area contributed by atoms with E-state index in [1.165, 1.54) is 4.90 Å². The predicted molar refractivity (Wildman–Crippen MR) is 126 cm³/mol. The molecular weight excluding hydrogens is 436 g/mol.